The van der Waals surface area contributed by atoms with E-state index >= 15 is 0 Å². The molecule has 0 saturated heterocycles. The van der Waals surface area contributed by atoms with Gasteiger partial charge in [-0.2, -0.15) is 0 Å². The third-order valence-electron chi connectivity index (χ3n) is 3.41. The molecule has 0 spiro atoms. The lowest BCUT2D eigenvalue weighted by atomic mass is 10.1. The number of rotatable bonds is 6. The number of sulfonamides is 1. The van der Waals surface area contributed by atoms with Gasteiger partial charge in [-0.25, -0.2) is 13.1 Å². The van der Waals surface area contributed by atoms with Crippen LogP contribution < -0.4 is 9.46 Å². The van der Waals surface area contributed by atoms with Crippen LogP contribution in [0.3, 0.4) is 0 Å². The number of halogens is 2. The van der Waals surface area contributed by atoms with E-state index in [4.69, 9.17) is 27.9 Å². The van der Waals surface area contributed by atoms with E-state index in [1.165, 1.54) is 19.2 Å². The maximum absolute atomic E-state index is 12.7. The summed E-state index contributed by atoms with van der Waals surface area (Å²) in [5, 5.41) is 11.6. The van der Waals surface area contributed by atoms with Crippen molar-refractivity contribution in [2.24, 2.45) is 0 Å². The van der Waals surface area contributed by atoms with Crippen LogP contribution in [-0.2, 0) is 10.0 Å². The first-order valence-electron chi connectivity index (χ1n) is 6.95. The molecule has 0 aliphatic heterocycles. The van der Waals surface area contributed by atoms with Gasteiger partial charge in [0, 0.05) is 28.2 Å². The first kappa shape index (κ1) is 19.5. The molecule has 2 aromatic carbocycles. The van der Waals surface area contributed by atoms with Crippen LogP contribution >= 0.6 is 23.2 Å². The number of methoxy groups -OCH3 is 1. The number of nitrogens with zero attached hydrogens (tertiary/aromatic N) is 1. The monoisotopic (exact) mass is 404 g/mol. The molecule has 0 aromatic heterocycles. The van der Waals surface area contributed by atoms with E-state index in [0.29, 0.717) is 15.6 Å². The number of hydrogen-bond donors (Lipinski definition) is 1. The van der Waals surface area contributed by atoms with Gasteiger partial charge in [0.15, 0.2) is 0 Å². The fourth-order valence-corrected chi connectivity index (χ4v) is 4.18. The molecule has 0 fully saturated rings. The Morgan fingerprint density at radius 2 is 1.88 bits per heavy atom. The highest BCUT2D eigenvalue weighted by Crippen LogP contribution is 2.31. The van der Waals surface area contributed by atoms with E-state index < -0.39 is 21.0 Å². The Bertz CT molecular complexity index is 918. The van der Waals surface area contributed by atoms with Gasteiger partial charge in [0.25, 0.3) is 5.69 Å². The van der Waals surface area contributed by atoms with Gasteiger partial charge >= 0.3 is 0 Å². The summed E-state index contributed by atoms with van der Waals surface area (Å²) in [7, 11) is -2.83. The molecule has 0 aliphatic carbocycles. The van der Waals surface area contributed by atoms with Crippen LogP contribution in [0.2, 0.25) is 10.0 Å². The molecule has 0 amide bonds. The molecule has 1 N–H and O–H groups in total. The van der Waals surface area contributed by atoms with E-state index in [9.17, 15) is 18.5 Å². The summed E-state index contributed by atoms with van der Waals surface area (Å²) in [6.07, 6.45) is 0. The van der Waals surface area contributed by atoms with Gasteiger partial charge < -0.3 is 4.74 Å². The molecule has 0 aliphatic rings. The number of ether oxygens (including phenoxy) is 1. The topological polar surface area (TPSA) is 98.5 Å². The van der Waals surface area contributed by atoms with Crippen molar-refractivity contribution in [1.29, 1.82) is 0 Å². The zero-order valence-corrected chi connectivity index (χ0v) is 15.5. The minimum atomic E-state index is -4.10. The zero-order chi connectivity index (χ0) is 18.8. The van der Waals surface area contributed by atoms with Crippen molar-refractivity contribution in [2.45, 2.75) is 17.9 Å². The van der Waals surface area contributed by atoms with Gasteiger partial charge in [-0.15, -0.1) is 0 Å². The van der Waals surface area contributed by atoms with Crippen LogP contribution in [0.15, 0.2) is 41.3 Å². The molecule has 1 unspecified atom stereocenters. The van der Waals surface area contributed by atoms with Crippen molar-refractivity contribution in [3.63, 3.8) is 0 Å². The molecular weight excluding hydrogens is 391 g/mol. The molecule has 25 heavy (non-hydrogen) atoms. The fraction of sp³-hybridized carbons (Fsp3) is 0.200. The predicted molar refractivity (Wildman–Crippen MR) is 94.8 cm³/mol. The van der Waals surface area contributed by atoms with Gasteiger partial charge in [0.1, 0.15) is 10.6 Å². The second-order valence-electron chi connectivity index (χ2n) is 5.10. The number of nitro groups is 1. The quantitative estimate of drug-likeness (QED) is 0.580. The number of nitrogens with one attached hydrogen (secondary N) is 1. The van der Waals surface area contributed by atoms with Crippen molar-refractivity contribution in [3.8, 4) is 5.75 Å². The number of nitro benzene ring substituents is 1. The minimum absolute atomic E-state index is 0.00694. The molecule has 0 saturated carbocycles. The van der Waals surface area contributed by atoms with E-state index in [-0.39, 0.29) is 16.3 Å². The molecular formula is C15H14Cl2N2O5S. The maximum atomic E-state index is 12.7. The van der Waals surface area contributed by atoms with Crippen molar-refractivity contribution >= 4 is 38.9 Å². The summed E-state index contributed by atoms with van der Waals surface area (Å²) < 4.78 is 32.8. The molecule has 0 bridgehead atoms. The summed E-state index contributed by atoms with van der Waals surface area (Å²) >= 11 is 11.9. The third kappa shape index (κ3) is 4.40. The highest BCUT2D eigenvalue weighted by Gasteiger charge is 2.26. The largest absolute Gasteiger partial charge is 0.495 e. The van der Waals surface area contributed by atoms with Gasteiger partial charge in [-0.05, 0) is 30.7 Å². The summed E-state index contributed by atoms with van der Waals surface area (Å²) in [6, 6.07) is 7.32. The summed E-state index contributed by atoms with van der Waals surface area (Å²) in [5.41, 5.74) is 0.150. The fourth-order valence-electron chi connectivity index (χ4n) is 2.20. The maximum Gasteiger partial charge on any atom is 0.271 e. The van der Waals surface area contributed by atoms with Crippen LogP contribution in [-0.4, -0.2) is 20.5 Å². The second-order valence-corrected chi connectivity index (χ2v) is 7.63. The Morgan fingerprint density at radius 1 is 1.20 bits per heavy atom. The molecule has 0 radical (unpaired) electrons. The van der Waals surface area contributed by atoms with Crippen LogP contribution in [0.5, 0.6) is 5.75 Å². The molecule has 2 rings (SSSR count). The molecule has 2 aromatic rings. The van der Waals surface area contributed by atoms with E-state index in [2.05, 4.69) is 4.72 Å². The van der Waals surface area contributed by atoms with Crippen LogP contribution in [0.4, 0.5) is 5.69 Å². The number of non-ortho nitro benzene ring substituents is 1. The van der Waals surface area contributed by atoms with Crippen molar-refractivity contribution in [3.05, 3.63) is 62.1 Å². The van der Waals surface area contributed by atoms with Crippen molar-refractivity contribution in [1.82, 2.24) is 4.72 Å². The highest BCUT2D eigenvalue weighted by molar-refractivity contribution is 7.89. The lowest BCUT2D eigenvalue weighted by molar-refractivity contribution is -0.385. The Kier molecular flexibility index (Phi) is 5.89. The average Bonchev–Trinajstić information content (AvgIpc) is 2.53. The summed E-state index contributed by atoms with van der Waals surface area (Å²) in [5.74, 6) is -0.00694. The molecule has 1 atom stereocenters. The van der Waals surface area contributed by atoms with Gasteiger partial charge in [-0.1, -0.05) is 29.3 Å². The van der Waals surface area contributed by atoms with Crippen molar-refractivity contribution in [2.75, 3.05) is 7.11 Å². The van der Waals surface area contributed by atoms with E-state index in [1.807, 2.05) is 0 Å². The van der Waals surface area contributed by atoms with Crippen LogP contribution in [0.1, 0.15) is 18.5 Å². The van der Waals surface area contributed by atoms with Gasteiger partial charge in [0.2, 0.25) is 10.0 Å². The average molecular weight is 405 g/mol. The Labute approximate surface area is 154 Å². The molecule has 0 heterocycles. The molecule has 134 valence electrons. The Balaban J connectivity index is 2.41. The van der Waals surface area contributed by atoms with Gasteiger partial charge in [0.05, 0.1) is 12.0 Å². The standard InChI is InChI=1S/C15H14Cl2N2O5S/c1-9(12-5-3-10(16)7-13(12)17)18-25(22,23)15-8-11(19(20)21)4-6-14(15)24-2/h3-9,18H,1-2H3. The third-order valence-corrected chi connectivity index (χ3v) is 5.53. The van der Waals surface area contributed by atoms with E-state index in [0.717, 1.165) is 12.1 Å². The number of hydrogen-bond acceptors (Lipinski definition) is 5. The van der Waals surface area contributed by atoms with Gasteiger partial charge in [-0.3, -0.25) is 10.1 Å². The predicted octanol–water partition coefficient (Wildman–Crippen LogP) is 3.95. The van der Waals surface area contributed by atoms with Crippen LogP contribution in [0.25, 0.3) is 0 Å². The van der Waals surface area contributed by atoms with E-state index in [1.54, 1.807) is 19.1 Å². The second kappa shape index (κ2) is 7.57. The first-order chi connectivity index (χ1) is 11.7. The number of benzene rings is 2. The van der Waals surface area contributed by atoms with Crippen LogP contribution in [0, 0.1) is 10.1 Å². The molecule has 7 nitrogen and oxygen atoms in total. The van der Waals surface area contributed by atoms with Crippen molar-refractivity contribution < 1.29 is 18.1 Å². The summed E-state index contributed by atoms with van der Waals surface area (Å²) in [4.78, 5) is 9.90. The SMILES string of the molecule is COc1ccc([N+](=O)[O-])cc1S(=O)(=O)NC(C)c1ccc(Cl)cc1Cl. The Hall–Kier alpha value is -1.87. The highest BCUT2D eigenvalue weighted by atomic mass is 35.5. The zero-order valence-electron chi connectivity index (χ0n) is 13.2. The summed E-state index contributed by atoms with van der Waals surface area (Å²) in [6.45, 7) is 1.59. The lowest BCUT2D eigenvalue weighted by Crippen LogP contribution is -2.27. The Morgan fingerprint density at radius 3 is 2.44 bits per heavy atom. The smallest absolute Gasteiger partial charge is 0.271 e. The minimum Gasteiger partial charge on any atom is -0.495 e. The molecule has 10 heteroatoms. The normalized spacial score (nSPS) is 12.6. The first-order valence-corrected chi connectivity index (χ1v) is 9.19. The lowest BCUT2D eigenvalue weighted by Gasteiger charge is -2.17.